The van der Waals surface area contributed by atoms with Crippen molar-refractivity contribution in [3.05, 3.63) is 58.6 Å². The van der Waals surface area contributed by atoms with Gasteiger partial charge >= 0.3 is 7.75 Å². The number of nitrogens with one attached hydrogen (secondary N) is 1. The summed E-state index contributed by atoms with van der Waals surface area (Å²) in [4.78, 5) is 17.0. The molecule has 148 valence electrons. The Bertz CT molecular complexity index is 960. The van der Waals surface area contributed by atoms with Crippen molar-refractivity contribution in [3.8, 4) is 0 Å². The lowest BCUT2D eigenvalue weighted by atomic mass is 10.1. The number of nitrogens with zero attached hydrogens (tertiary/aromatic N) is 3. The van der Waals surface area contributed by atoms with E-state index in [1.54, 1.807) is 0 Å². The molecule has 1 atom stereocenters. The lowest BCUT2D eigenvalue weighted by molar-refractivity contribution is 0.192. The van der Waals surface area contributed by atoms with Crippen LogP contribution in [0.4, 0.5) is 11.4 Å². The molecule has 2 N–H and O–H groups in total. The molecule has 2 aliphatic rings. The molecule has 1 unspecified atom stereocenters. The second-order valence-electron chi connectivity index (χ2n) is 6.73. The summed E-state index contributed by atoms with van der Waals surface area (Å²) in [6, 6.07) is 13.8. The Kier molecular flexibility index (Phi) is 5.45. The molecule has 7 nitrogen and oxygen atoms in total. The highest BCUT2D eigenvalue weighted by Gasteiger charge is 2.33. The summed E-state index contributed by atoms with van der Waals surface area (Å²) in [6.45, 7) is 2.54. The number of fused-ring (bicyclic) bond motifs is 2. The minimum atomic E-state index is -3.71. The normalized spacial score (nSPS) is 19.4. The van der Waals surface area contributed by atoms with Crippen LogP contribution in [0.3, 0.4) is 0 Å². The minimum Gasteiger partial charge on any atom is -0.355 e. The number of benzene rings is 2. The van der Waals surface area contributed by atoms with Crippen molar-refractivity contribution in [1.82, 2.24) is 9.57 Å². The van der Waals surface area contributed by atoms with E-state index in [1.807, 2.05) is 42.5 Å². The third-order valence-electron chi connectivity index (χ3n) is 5.05. The molecule has 2 aliphatic heterocycles. The van der Waals surface area contributed by atoms with Crippen molar-refractivity contribution in [3.63, 3.8) is 0 Å². The van der Waals surface area contributed by atoms with Crippen LogP contribution >= 0.6 is 19.3 Å². The first kappa shape index (κ1) is 19.4. The molecule has 0 saturated carbocycles. The van der Waals surface area contributed by atoms with E-state index in [-0.39, 0.29) is 0 Å². The predicted molar refractivity (Wildman–Crippen MR) is 111 cm³/mol. The first-order valence-corrected chi connectivity index (χ1v) is 11.0. The molecule has 0 spiro atoms. The number of piperazine rings is 1. The molecule has 4 rings (SSSR count). The lowest BCUT2D eigenvalue weighted by Gasteiger charge is -2.38. The van der Waals surface area contributed by atoms with Crippen molar-refractivity contribution >= 4 is 36.6 Å². The van der Waals surface area contributed by atoms with Gasteiger partial charge in [-0.1, -0.05) is 23.7 Å². The fourth-order valence-electron chi connectivity index (χ4n) is 3.54. The number of amidine groups is 1. The zero-order chi connectivity index (χ0) is 19.7. The van der Waals surface area contributed by atoms with Crippen LogP contribution in [0.5, 0.6) is 0 Å². The van der Waals surface area contributed by atoms with E-state index in [2.05, 4.69) is 10.2 Å². The molecular formula is C19H22ClN4O3P. The molecular weight excluding hydrogens is 399 g/mol. The van der Waals surface area contributed by atoms with E-state index in [0.29, 0.717) is 37.7 Å². The Morgan fingerprint density at radius 2 is 1.89 bits per heavy atom. The Morgan fingerprint density at radius 1 is 1.14 bits per heavy atom. The number of rotatable bonds is 2. The molecule has 2 aromatic rings. The van der Waals surface area contributed by atoms with Gasteiger partial charge in [0.2, 0.25) is 0 Å². The first-order valence-electron chi connectivity index (χ1n) is 9.06. The standard InChI is InChI=1S/C19H22ClN4O3P/c1-27-28(25,26)24-10-8-23(9-11-24)19-16-4-2-3-5-18(16)22-17-7-6-15(20)12-14(17)13-21-19/h2-7,12,22H,8-11,13H2,1H3,(H,25,26). The third kappa shape index (κ3) is 3.81. The summed E-state index contributed by atoms with van der Waals surface area (Å²) in [5, 5.41) is 4.18. The third-order valence-corrected chi connectivity index (χ3v) is 6.88. The van der Waals surface area contributed by atoms with Crippen LogP contribution in [0.2, 0.25) is 5.02 Å². The smallest absolute Gasteiger partial charge is 0.355 e. The number of aliphatic imine (C=N–C) groups is 1. The van der Waals surface area contributed by atoms with E-state index in [1.165, 1.54) is 11.8 Å². The number of anilines is 2. The van der Waals surface area contributed by atoms with E-state index < -0.39 is 7.75 Å². The van der Waals surface area contributed by atoms with Gasteiger partial charge in [-0.15, -0.1) is 0 Å². The van der Waals surface area contributed by atoms with Gasteiger partial charge in [0.25, 0.3) is 0 Å². The summed E-state index contributed by atoms with van der Waals surface area (Å²) in [7, 11) is -2.45. The quantitative estimate of drug-likeness (QED) is 0.721. The van der Waals surface area contributed by atoms with Gasteiger partial charge in [0, 0.05) is 55.2 Å². The zero-order valence-electron chi connectivity index (χ0n) is 15.5. The van der Waals surface area contributed by atoms with Crippen LogP contribution in [0.15, 0.2) is 47.5 Å². The Morgan fingerprint density at radius 3 is 2.64 bits per heavy atom. The van der Waals surface area contributed by atoms with E-state index in [0.717, 1.165) is 28.3 Å². The molecule has 0 aromatic heterocycles. The van der Waals surface area contributed by atoms with Crippen LogP contribution in [0.1, 0.15) is 11.1 Å². The molecule has 9 heteroatoms. The second-order valence-corrected chi connectivity index (χ2v) is 9.07. The van der Waals surface area contributed by atoms with E-state index in [4.69, 9.17) is 21.1 Å². The van der Waals surface area contributed by atoms with Gasteiger partial charge in [-0.05, 0) is 35.9 Å². The maximum atomic E-state index is 12.1. The van der Waals surface area contributed by atoms with Crippen molar-refractivity contribution in [1.29, 1.82) is 0 Å². The Labute approximate surface area is 169 Å². The van der Waals surface area contributed by atoms with Crippen molar-refractivity contribution in [2.45, 2.75) is 6.54 Å². The highest BCUT2D eigenvalue weighted by molar-refractivity contribution is 7.50. The van der Waals surface area contributed by atoms with Crippen molar-refractivity contribution < 1.29 is 14.0 Å². The van der Waals surface area contributed by atoms with Crippen LogP contribution < -0.4 is 5.32 Å². The first-order chi connectivity index (χ1) is 13.5. The van der Waals surface area contributed by atoms with Crippen molar-refractivity contribution in [2.24, 2.45) is 4.99 Å². The van der Waals surface area contributed by atoms with E-state index in [9.17, 15) is 9.46 Å². The molecule has 0 bridgehead atoms. The summed E-state index contributed by atoms with van der Waals surface area (Å²) in [5.74, 6) is 0.874. The van der Waals surface area contributed by atoms with Crippen LogP contribution in [-0.2, 0) is 15.6 Å². The Balaban J connectivity index is 1.65. The highest BCUT2D eigenvalue weighted by Crippen LogP contribution is 2.45. The number of hydrogen-bond donors (Lipinski definition) is 2. The SMILES string of the molecule is COP(=O)(O)N1CCN(C2=NCc3cc(Cl)ccc3Nc3ccccc32)CC1. The zero-order valence-corrected chi connectivity index (χ0v) is 17.2. The molecule has 28 heavy (non-hydrogen) atoms. The van der Waals surface area contributed by atoms with Gasteiger partial charge in [0.15, 0.2) is 0 Å². The van der Waals surface area contributed by atoms with Crippen molar-refractivity contribution in [2.75, 3.05) is 38.6 Å². The minimum absolute atomic E-state index is 0.429. The number of para-hydroxylation sites is 1. The molecule has 0 radical (unpaired) electrons. The molecule has 0 aliphatic carbocycles. The van der Waals surface area contributed by atoms with Crippen LogP contribution in [0.25, 0.3) is 0 Å². The second kappa shape index (κ2) is 7.85. The maximum absolute atomic E-state index is 12.1. The molecule has 1 fully saturated rings. The predicted octanol–water partition coefficient (Wildman–Crippen LogP) is 3.71. The molecule has 2 aromatic carbocycles. The summed E-state index contributed by atoms with van der Waals surface area (Å²) in [6.07, 6.45) is 0. The number of halogens is 1. The summed E-state index contributed by atoms with van der Waals surface area (Å²) >= 11 is 6.17. The average Bonchev–Trinajstić information content (AvgIpc) is 2.70. The van der Waals surface area contributed by atoms with Gasteiger partial charge in [0.05, 0.1) is 6.54 Å². The average molecular weight is 421 g/mol. The summed E-state index contributed by atoms with van der Waals surface area (Å²) < 4.78 is 18.3. The van der Waals surface area contributed by atoms with Gasteiger partial charge < -0.3 is 19.6 Å². The molecule has 0 amide bonds. The van der Waals surface area contributed by atoms with Gasteiger partial charge in [-0.3, -0.25) is 4.99 Å². The fraction of sp³-hybridized carbons (Fsp3) is 0.316. The molecule has 1 saturated heterocycles. The number of hydrogen-bond acceptors (Lipinski definition) is 5. The van der Waals surface area contributed by atoms with Crippen LogP contribution in [0, 0.1) is 0 Å². The summed E-state index contributed by atoms with van der Waals surface area (Å²) in [5.41, 5.74) is 4.00. The largest absolute Gasteiger partial charge is 0.405 e. The Hall–Kier alpha value is -1.89. The molecule has 2 heterocycles. The maximum Gasteiger partial charge on any atom is 0.405 e. The van der Waals surface area contributed by atoms with E-state index >= 15 is 0 Å². The van der Waals surface area contributed by atoms with Gasteiger partial charge in [-0.2, -0.15) is 0 Å². The fourth-order valence-corrected chi connectivity index (χ4v) is 4.65. The van der Waals surface area contributed by atoms with Crippen LogP contribution in [-0.4, -0.2) is 53.6 Å². The monoisotopic (exact) mass is 420 g/mol. The topological polar surface area (TPSA) is 77.4 Å². The van der Waals surface area contributed by atoms with Gasteiger partial charge in [-0.25, -0.2) is 9.24 Å². The highest BCUT2D eigenvalue weighted by atomic mass is 35.5. The lowest BCUT2D eigenvalue weighted by Crippen LogP contribution is -2.48. The van der Waals surface area contributed by atoms with Gasteiger partial charge in [0.1, 0.15) is 5.84 Å².